The van der Waals surface area contributed by atoms with Crippen molar-refractivity contribution < 1.29 is 14.3 Å². The summed E-state index contributed by atoms with van der Waals surface area (Å²) in [4.78, 5) is 56.5. The molecule has 4 heterocycles. The van der Waals surface area contributed by atoms with Gasteiger partial charge in [0, 0.05) is 24.0 Å². The predicted octanol–water partition coefficient (Wildman–Crippen LogP) is 3.12. The number of fused-ring (bicyclic) bond motifs is 1. The van der Waals surface area contributed by atoms with Crippen LogP contribution in [0.5, 0.6) is 0 Å². The molecular weight excluding hydrogens is 520 g/mol. The van der Waals surface area contributed by atoms with Gasteiger partial charge in [0.2, 0.25) is 0 Å². The molecule has 12 heteroatoms. The van der Waals surface area contributed by atoms with Gasteiger partial charge in [-0.15, -0.1) is 0 Å². The molecule has 200 valence electrons. The number of esters is 1. The van der Waals surface area contributed by atoms with E-state index in [9.17, 15) is 19.2 Å². The lowest BCUT2D eigenvalue weighted by Gasteiger charge is -2.09. The normalized spacial score (nSPS) is 11.3. The van der Waals surface area contributed by atoms with E-state index in [0.717, 1.165) is 22.9 Å². The Morgan fingerprint density at radius 3 is 2.41 bits per heavy atom. The number of carbonyl (C=O) groups is 2. The number of hydrogen-bond donors (Lipinski definition) is 0. The molecule has 0 N–H and O–H groups in total. The Bertz CT molecular complexity index is 1870. The maximum Gasteiger partial charge on any atom is 0.352 e. The van der Waals surface area contributed by atoms with Crippen molar-refractivity contribution in [3.8, 4) is 11.4 Å². The molecule has 0 aliphatic carbocycles. The Kier molecular flexibility index (Phi) is 6.64. The number of nitrogens with zero attached hydrogens (tertiary/aromatic N) is 6. The van der Waals surface area contributed by atoms with Crippen molar-refractivity contribution in [2.45, 2.75) is 34.2 Å². The summed E-state index contributed by atoms with van der Waals surface area (Å²) in [5.74, 6) is -0.920. The fraction of sp³-hybridized carbons (Fsp3) is 0.259. The lowest BCUT2D eigenvalue weighted by Crippen LogP contribution is -2.25. The van der Waals surface area contributed by atoms with Crippen molar-refractivity contribution >= 4 is 34.3 Å². The molecule has 0 radical (unpaired) electrons. The Labute approximate surface area is 226 Å². The highest BCUT2D eigenvalue weighted by atomic mass is 32.1. The van der Waals surface area contributed by atoms with Gasteiger partial charge < -0.3 is 9.30 Å². The van der Waals surface area contributed by atoms with Gasteiger partial charge in [-0.1, -0.05) is 18.2 Å². The molecular formula is C27H26N6O5S. The minimum absolute atomic E-state index is 0.00481. The summed E-state index contributed by atoms with van der Waals surface area (Å²) in [5.41, 5.74) is 3.01. The first-order valence-corrected chi connectivity index (χ1v) is 13.0. The Balaban J connectivity index is 1.52. The highest BCUT2D eigenvalue weighted by molar-refractivity contribution is 7.09. The van der Waals surface area contributed by atoms with Crippen molar-refractivity contribution in [1.82, 2.24) is 27.9 Å². The maximum atomic E-state index is 13.6. The fourth-order valence-corrected chi connectivity index (χ4v) is 5.46. The summed E-state index contributed by atoms with van der Waals surface area (Å²) in [7, 11) is 1.81. The van der Waals surface area contributed by atoms with Gasteiger partial charge in [-0.2, -0.15) is 4.37 Å². The molecule has 0 bridgehead atoms. The first-order chi connectivity index (χ1) is 18.6. The Hall–Kier alpha value is -4.58. The van der Waals surface area contributed by atoms with Gasteiger partial charge in [0.25, 0.3) is 11.1 Å². The molecule has 0 fully saturated rings. The average Bonchev–Trinajstić information content (AvgIpc) is 3.54. The lowest BCUT2D eigenvalue weighted by atomic mass is 10.1. The van der Waals surface area contributed by atoms with Crippen molar-refractivity contribution in [1.29, 1.82) is 0 Å². The zero-order valence-electron chi connectivity index (χ0n) is 22.1. The summed E-state index contributed by atoms with van der Waals surface area (Å²) in [6.45, 7) is 7.05. The Morgan fingerprint density at radius 2 is 1.72 bits per heavy atom. The quantitative estimate of drug-likeness (QED) is 0.227. The average molecular weight is 547 g/mol. The topological polar surface area (TPSA) is 123 Å². The molecule has 0 atom stereocenters. The van der Waals surface area contributed by atoms with E-state index in [4.69, 9.17) is 4.74 Å². The van der Waals surface area contributed by atoms with Crippen LogP contribution in [0.1, 0.15) is 44.0 Å². The van der Waals surface area contributed by atoms with Gasteiger partial charge in [0.15, 0.2) is 16.2 Å². The highest BCUT2D eigenvalue weighted by Crippen LogP contribution is 2.24. The minimum atomic E-state index is -0.597. The smallest absolute Gasteiger partial charge is 0.352 e. The second-order valence-corrected chi connectivity index (χ2v) is 9.83. The van der Waals surface area contributed by atoms with E-state index in [1.807, 2.05) is 51.2 Å². The summed E-state index contributed by atoms with van der Waals surface area (Å²) in [6.07, 6.45) is 1.23. The van der Waals surface area contributed by atoms with E-state index in [1.165, 1.54) is 10.9 Å². The predicted molar refractivity (Wildman–Crippen MR) is 147 cm³/mol. The van der Waals surface area contributed by atoms with Crippen LogP contribution in [0, 0.1) is 20.8 Å². The summed E-state index contributed by atoms with van der Waals surface area (Å²) in [5, 5.41) is 0. The standard InChI is InChI=1S/C27H26N6O5S/c1-6-38-27(37)24-21-22(29-39-24)25(35)31(14-28-21)13-20(34)19-12-15(2)32(16(19)3)23-17(4)30(5)33(26(23)36)18-10-8-7-9-11-18/h7-12,14H,6,13H2,1-5H3. The molecule has 4 aromatic heterocycles. The van der Waals surface area contributed by atoms with Crippen LogP contribution in [-0.4, -0.2) is 46.2 Å². The summed E-state index contributed by atoms with van der Waals surface area (Å²) < 4.78 is 15.4. The molecule has 1 aromatic carbocycles. The van der Waals surface area contributed by atoms with Crippen LogP contribution in [0.2, 0.25) is 0 Å². The van der Waals surface area contributed by atoms with Crippen LogP contribution in [0.15, 0.2) is 52.3 Å². The van der Waals surface area contributed by atoms with Crippen LogP contribution >= 0.6 is 11.5 Å². The van der Waals surface area contributed by atoms with Crippen LogP contribution in [0.4, 0.5) is 0 Å². The second kappa shape index (κ2) is 9.95. The number of benzene rings is 1. The Morgan fingerprint density at radius 1 is 1.00 bits per heavy atom. The molecule has 0 spiro atoms. The van der Waals surface area contributed by atoms with Crippen LogP contribution < -0.4 is 11.1 Å². The minimum Gasteiger partial charge on any atom is -0.462 e. The number of rotatable bonds is 7. The van der Waals surface area contributed by atoms with Crippen molar-refractivity contribution in [2.24, 2.45) is 7.05 Å². The molecule has 0 unspecified atom stereocenters. The molecule has 0 aliphatic heterocycles. The molecule has 0 saturated carbocycles. The van der Waals surface area contributed by atoms with Gasteiger partial charge in [-0.25, -0.2) is 14.5 Å². The van der Waals surface area contributed by atoms with Gasteiger partial charge in [0.1, 0.15) is 11.2 Å². The number of ether oxygens (including phenoxy) is 1. The second-order valence-electron chi connectivity index (χ2n) is 9.06. The van der Waals surface area contributed by atoms with Gasteiger partial charge in [-0.3, -0.25) is 23.6 Å². The molecule has 0 aliphatic rings. The third kappa shape index (κ3) is 4.22. The van der Waals surface area contributed by atoms with Gasteiger partial charge in [0.05, 0.1) is 30.9 Å². The number of para-hydroxylation sites is 1. The number of carbonyl (C=O) groups excluding carboxylic acids is 2. The van der Waals surface area contributed by atoms with Crippen molar-refractivity contribution in [2.75, 3.05) is 6.61 Å². The molecule has 39 heavy (non-hydrogen) atoms. The largest absolute Gasteiger partial charge is 0.462 e. The molecule has 11 nitrogen and oxygen atoms in total. The van der Waals surface area contributed by atoms with Crippen LogP contribution in [-0.2, 0) is 18.3 Å². The fourth-order valence-electron chi connectivity index (χ4n) is 4.75. The van der Waals surface area contributed by atoms with Crippen LogP contribution in [0.3, 0.4) is 0 Å². The van der Waals surface area contributed by atoms with E-state index in [-0.39, 0.29) is 40.4 Å². The number of aryl methyl sites for hydroxylation is 1. The highest BCUT2D eigenvalue weighted by Gasteiger charge is 2.25. The summed E-state index contributed by atoms with van der Waals surface area (Å²) >= 11 is 0.836. The zero-order chi connectivity index (χ0) is 28.0. The van der Waals surface area contributed by atoms with Gasteiger partial charge >= 0.3 is 5.97 Å². The SMILES string of the molecule is CCOC(=O)c1snc2c(=O)n(CC(=O)c3cc(C)n(-c4c(C)n(C)n(-c5ccccc5)c4=O)c3C)cnc12. The zero-order valence-corrected chi connectivity index (χ0v) is 22.9. The molecule has 0 amide bonds. The van der Waals surface area contributed by atoms with Gasteiger partial charge in [-0.05, 0) is 57.4 Å². The van der Waals surface area contributed by atoms with Crippen molar-refractivity contribution in [3.63, 3.8) is 0 Å². The van der Waals surface area contributed by atoms with E-state index >= 15 is 0 Å². The first kappa shape index (κ1) is 26.0. The molecule has 0 saturated heterocycles. The van der Waals surface area contributed by atoms with E-state index in [0.29, 0.717) is 22.6 Å². The monoisotopic (exact) mass is 546 g/mol. The van der Waals surface area contributed by atoms with E-state index in [1.54, 1.807) is 33.8 Å². The third-order valence-corrected chi connectivity index (χ3v) is 7.53. The first-order valence-electron chi connectivity index (χ1n) is 12.2. The number of Topliss-reactive ketones (excluding diaryl/α,β-unsaturated/α-hetero) is 1. The van der Waals surface area contributed by atoms with E-state index < -0.39 is 11.5 Å². The van der Waals surface area contributed by atoms with Crippen molar-refractivity contribution in [3.05, 3.63) is 91.0 Å². The number of hydrogen-bond acceptors (Lipinski definition) is 8. The molecule has 5 rings (SSSR count). The third-order valence-electron chi connectivity index (χ3n) is 6.71. The number of ketones is 1. The maximum absolute atomic E-state index is 13.6. The lowest BCUT2D eigenvalue weighted by molar-refractivity contribution is 0.0533. The molecule has 5 aromatic rings. The number of aromatic nitrogens is 6. The van der Waals surface area contributed by atoms with E-state index in [2.05, 4.69) is 9.36 Å². The summed E-state index contributed by atoms with van der Waals surface area (Å²) in [6, 6.07) is 11.0. The van der Waals surface area contributed by atoms with Crippen LogP contribution in [0.25, 0.3) is 22.4 Å².